The molecular weight excluding hydrogens is 398 g/mol. The Morgan fingerprint density at radius 1 is 0.778 bits per heavy atom. The van der Waals surface area contributed by atoms with Crippen molar-refractivity contribution in [2.24, 2.45) is 0 Å². The van der Waals surface area contributed by atoms with E-state index in [1.54, 1.807) is 0 Å². The largest absolute Gasteiger partial charge is 0.471 e. The third-order valence-electron chi connectivity index (χ3n) is 3.41. The fourth-order valence-corrected chi connectivity index (χ4v) is 2.26. The monoisotopic (exact) mass is 410 g/mol. The van der Waals surface area contributed by atoms with Gasteiger partial charge in [-0.3, -0.25) is 9.59 Å². The Bertz CT molecular complexity index is 568. The van der Waals surface area contributed by atoms with Crippen molar-refractivity contribution in [3.05, 3.63) is 0 Å². The smallest absolute Gasteiger partial charge is 0.465 e. The van der Waals surface area contributed by atoms with Crippen molar-refractivity contribution < 1.29 is 60.5 Å². The summed E-state index contributed by atoms with van der Waals surface area (Å²) in [5.41, 5.74) is 0. The maximum Gasteiger partial charge on any atom is 0.471 e. The van der Waals surface area contributed by atoms with E-state index in [9.17, 15) is 45.5 Å². The van der Waals surface area contributed by atoms with E-state index in [1.807, 2.05) is 0 Å². The second-order valence-corrected chi connectivity index (χ2v) is 5.35. The molecule has 1 aliphatic rings. The highest BCUT2D eigenvalue weighted by molar-refractivity contribution is 5.95. The predicted octanol–water partition coefficient (Wildman–Crippen LogP) is 1.67. The molecular formula is C12H12F6N2O7. The fourth-order valence-electron chi connectivity index (χ4n) is 2.26. The molecule has 4 amide bonds. The highest BCUT2D eigenvalue weighted by Crippen LogP contribution is 2.26. The van der Waals surface area contributed by atoms with Crippen LogP contribution in [0.1, 0.15) is 12.8 Å². The first-order chi connectivity index (χ1) is 12.1. The van der Waals surface area contributed by atoms with E-state index < -0.39 is 71.5 Å². The molecule has 15 heteroatoms. The highest BCUT2D eigenvalue weighted by atomic mass is 19.4. The summed E-state index contributed by atoms with van der Waals surface area (Å²) in [6.07, 6.45) is -18.4. The molecule has 1 rings (SSSR count). The molecule has 1 saturated heterocycles. The van der Waals surface area contributed by atoms with E-state index in [2.05, 4.69) is 0 Å². The molecule has 0 spiro atoms. The Labute approximate surface area is 146 Å². The number of amides is 4. The molecule has 154 valence electrons. The maximum absolute atomic E-state index is 12.4. The number of ether oxygens (including phenoxy) is 1. The number of nitrogens with zero attached hydrogens (tertiary/aromatic N) is 2. The van der Waals surface area contributed by atoms with Gasteiger partial charge in [0.05, 0.1) is 25.3 Å². The van der Waals surface area contributed by atoms with Crippen LogP contribution in [0.25, 0.3) is 0 Å². The van der Waals surface area contributed by atoms with Crippen LogP contribution in [-0.4, -0.2) is 81.7 Å². The van der Waals surface area contributed by atoms with Crippen LogP contribution in [0, 0.1) is 0 Å². The lowest BCUT2D eigenvalue weighted by Crippen LogP contribution is -2.48. The van der Waals surface area contributed by atoms with Crippen LogP contribution in [0.4, 0.5) is 35.9 Å². The van der Waals surface area contributed by atoms with E-state index in [-0.39, 0.29) is 12.8 Å². The molecule has 1 heterocycles. The summed E-state index contributed by atoms with van der Waals surface area (Å²) in [5.74, 6) is -5.36. The zero-order chi connectivity index (χ0) is 21.2. The average molecular weight is 410 g/mol. The van der Waals surface area contributed by atoms with Crippen molar-refractivity contribution in [3.8, 4) is 0 Å². The Morgan fingerprint density at radius 3 is 1.30 bits per heavy atom. The molecule has 0 saturated carbocycles. The minimum absolute atomic E-state index is 0.173. The SMILES string of the molecule is O=C(O)N(C[C@H]1CC[C@@H](CN(C(=O)O)C(=O)C(F)(F)F)O1)C(=O)C(F)(F)F. The van der Waals surface area contributed by atoms with Crippen molar-refractivity contribution >= 4 is 24.0 Å². The van der Waals surface area contributed by atoms with E-state index in [0.717, 1.165) is 0 Å². The van der Waals surface area contributed by atoms with Gasteiger partial charge < -0.3 is 14.9 Å². The minimum atomic E-state index is -5.48. The molecule has 2 N–H and O–H groups in total. The molecule has 0 radical (unpaired) electrons. The van der Waals surface area contributed by atoms with Gasteiger partial charge in [0.2, 0.25) is 0 Å². The zero-order valence-corrected chi connectivity index (χ0v) is 13.1. The van der Waals surface area contributed by atoms with Gasteiger partial charge in [-0.2, -0.15) is 26.3 Å². The van der Waals surface area contributed by atoms with Gasteiger partial charge >= 0.3 is 36.4 Å². The molecule has 0 unspecified atom stereocenters. The molecule has 2 atom stereocenters. The maximum atomic E-state index is 12.4. The number of imide groups is 2. The van der Waals surface area contributed by atoms with Gasteiger partial charge in [-0.1, -0.05) is 0 Å². The van der Waals surface area contributed by atoms with E-state index in [1.165, 1.54) is 0 Å². The summed E-state index contributed by atoms with van der Waals surface area (Å²) in [6.45, 7) is -2.13. The van der Waals surface area contributed by atoms with E-state index in [4.69, 9.17) is 14.9 Å². The summed E-state index contributed by atoms with van der Waals surface area (Å²) in [6, 6.07) is 0. The van der Waals surface area contributed by atoms with Gasteiger partial charge in [0.15, 0.2) is 0 Å². The Hall–Kier alpha value is -2.58. The van der Waals surface area contributed by atoms with Crippen LogP contribution in [0.5, 0.6) is 0 Å². The summed E-state index contributed by atoms with van der Waals surface area (Å²) < 4.78 is 79.2. The van der Waals surface area contributed by atoms with Crippen LogP contribution < -0.4 is 0 Å². The minimum Gasteiger partial charge on any atom is -0.465 e. The number of rotatable bonds is 4. The first-order valence-electron chi connectivity index (χ1n) is 7.03. The lowest BCUT2D eigenvalue weighted by atomic mass is 10.2. The standard InChI is InChI=1S/C12H12F6N2O7/c13-11(14,15)7(21)19(9(23)24)3-5-1-2-6(27-5)4-20(10(25)26)8(22)12(16,17)18/h5-6H,1-4H2,(H,23,24)(H,25,26)/t5-,6+. The normalized spacial score (nSPS) is 20.2. The van der Waals surface area contributed by atoms with Gasteiger partial charge in [-0.15, -0.1) is 0 Å². The van der Waals surface area contributed by atoms with Crippen LogP contribution in [0.3, 0.4) is 0 Å². The molecule has 0 aromatic heterocycles. The summed E-state index contributed by atoms with van der Waals surface area (Å²) in [5, 5.41) is 17.4. The van der Waals surface area contributed by atoms with Gasteiger partial charge in [-0.25, -0.2) is 19.4 Å². The number of carbonyl (C=O) groups is 4. The average Bonchev–Trinajstić information content (AvgIpc) is 2.93. The molecule has 1 fully saturated rings. The van der Waals surface area contributed by atoms with Crippen molar-refractivity contribution in [1.29, 1.82) is 0 Å². The molecule has 0 aromatic rings. The first-order valence-corrected chi connectivity index (χ1v) is 7.03. The van der Waals surface area contributed by atoms with Crippen LogP contribution in [0.2, 0.25) is 0 Å². The van der Waals surface area contributed by atoms with Gasteiger partial charge in [0.25, 0.3) is 0 Å². The Kier molecular flexibility index (Phi) is 6.63. The number of hydrogen-bond acceptors (Lipinski definition) is 5. The second kappa shape index (κ2) is 7.98. The topological polar surface area (TPSA) is 124 Å². The number of carbonyl (C=O) groups excluding carboxylic acids is 2. The lowest BCUT2D eigenvalue weighted by Gasteiger charge is -2.24. The second-order valence-electron chi connectivity index (χ2n) is 5.35. The van der Waals surface area contributed by atoms with E-state index in [0.29, 0.717) is 0 Å². The lowest BCUT2D eigenvalue weighted by molar-refractivity contribution is -0.185. The first kappa shape index (κ1) is 22.5. The Balaban J connectivity index is 2.77. The molecule has 27 heavy (non-hydrogen) atoms. The van der Waals surface area contributed by atoms with E-state index >= 15 is 0 Å². The summed E-state index contributed by atoms with van der Waals surface area (Å²) in [7, 11) is 0. The van der Waals surface area contributed by atoms with Crippen LogP contribution >= 0.6 is 0 Å². The number of hydrogen-bond donors (Lipinski definition) is 2. The number of halogens is 6. The summed E-state index contributed by atoms with van der Waals surface area (Å²) >= 11 is 0. The van der Waals surface area contributed by atoms with Crippen molar-refractivity contribution in [3.63, 3.8) is 0 Å². The zero-order valence-electron chi connectivity index (χ0n) is 13.1. The van der Waals surface area contributed by atoms with Crippen molar-refractivity contribution in [2.45, 2.75) is 37.4 Å². The molecule has 1 aliphatic heterocycles. The third kappa shape index (κ3) is 5.97. The Morgan fingerprint density at radius 2 is 1.07 bits per heavy atom. The molecule has 0 aliphatic carbocycles. The van der Waals surface area contributed by atoms with Crippen LogP contribution in [0.15, 0.2) is 0 Å². The van der Waals surface area contributed by atoms with Gasteiger partial charge in [0.1, 0.15) is 0 Å². The molecule has 0 bridgehead atoms. The number of carboxylic acid groups (broad SMARTS) is 2. The molecule has 9 nitrogen and oxygen atoms in total. The predicted molar refractivity (Wildman–Crippen MR) is 69.5 cm³/mol. The van der Waals surface area contributed by atoms with Gasteiger partial charge in [0, 0.05) is 0 Å². The number of alkyl halides is 6. The fraction of sp³-hybridized carbons (Fsp3) is 0.667. The third-order valence-corrected chi connectivity index (χ3v) is 3.41. The summed E-state index contributed by atoms with van der Waals surface area (Å²) in [4.78, 5) is 42.6. The van der Waals surface area contributed by atoms with Crippen molar-refractivity contribution in [2.75, 3.05) is 13.1 Å². The van der Waals surface area contributed by atoms with Gasteiger partial charge in [-0.05, 0) is 12.8 Å². The van der Waals surface area contributed by atoms with Crippen LogP contribution in [-0.2, 0) is 14.3 Å². The quantitative estimate of drug-likeness (QED) is 0.676. The van der Waals surface area contributed by atoms with Crippen molar-refractivity contribution in [1.82, 2.24) is 9.80 Å². The molecule has 0 aromatic carbocycles. The highest BCUT2D eigenvalue weighted by Gasteiger charge is 2.48.